The predicted octanol–water partition coefficient (Wildman–Crippen LogP) is 2.66. The van der Waals surface area contributed by atoms with Gasteiger partial charge in [-0.1, -0.05) is 12.1 Å². The molecule has 11 nitrogen and oxygen atoms in total. The summed E-state index contributed by atoms with van der Waals surface area (Å²) >= 11 is 0. The van der Waals surface area contributed by atoms with Crippen LogP contribution in [-0.2, 0) is 26.2 Å². The zero-order valence-corrected chi connectivity index (χ0v) is 25.1. The van der Waals surface area contributed by atoms with E-state index in [1.807, 2.05) is 0 Å². The van der Waals surface area contributed by atoms with Crippen LogP contribution in [0.5, 0.6) is 0 Å². The zero-order chi connectivity index (χ0) is 32.1. The summed E-state index contributed by atoms with van der Waals surface area (Å²) in [5, 5.41) is 12.7. The summed E-state index contributed by atoms with van der Waals surface area (Å²) in [5.74, 6) is -7.66. The van der Waals surface area contributed by atoms with Crippen LogP contribution in [0.3, 0.4) is 0 Å². The van der Waals surface area contributed by atoms with Crippen molar-refractivity contribution in [1.82, 2.24) is 24.7 Å². The van der Waals surface area contributed by atoms with Gasteiger partial charge in [0.25, 0.3) is 5.92 Å². The number of benzene rings is 1. The van der Waals surface area contributed by atoms with E-state index in [2.05, 4.69) is 10.3 Å². The molecule has 4 heterocycles. The van der Waals surface area contributed by atoms with Gasteiger partial charge in [-0.05, 0) is 44.9 Å². The second-order valence-corrected chi connectivity index (χ2v) is 12.1. The molecule has 1 amide bonds. The largest absolute Gasteiger partial charge is 0.481 e. The fourth-order valence-electron chi connectivity index (χ4n) is 6.14. The summed E-state index contributed by atoms with van der Waals surface area (Å²) in [7, 11) is 1.74. The number of aryl methyl sites for hydroxylation is 1. The number of aliphatic imine (C=N–C) groups is 1. The number of nitrogens with zero attached hydrogens (tertiary/aromatic N) is 5. The Kier molecular flexibility index (Phi) is 8.08. The number of fused-ring (bicyclic) bond motifs is 1. The first-order valence-electron chi connectivity index (χ1n) is 14.3. The normalized spacial score (nSPS) is 23.5. The summed E-state index contributed by atoms with van der Waals surface area (Å²) in [4.78, 5) is 50.1. The number of alkyl halides is 2. The van der Waals surface area contributed by atoms with Gasteiger partial charge in [-0.15, -0.1) is 0 Å². The van der Waals surface area contributed by atoms with E-state index < -0.39 is 59.5 Å². The number of imidazole rings is 1. The molecule has 236 valence electrons. The topological polar surface area (TPSA) is 129 Å². The maximum absolute atomic E-state index is 15.5. The highest BCUT2D eigenvalue weighted by Crippen LogP contribution is 2.45. The first-order chi connectivity index (χ1) is 20.7. The van der Waals surface area contributed by atoms with Crippen LogP contribution in [0.2, 0.25) is 0 Å². The molecule has 0 aliphatic carbocycles. The lowest BCUT2D eigenvalue weighted by molar-refractivity contribution is -0.150. The number of nitrogens with one attached hydrogen (secondary N) is 1. The lowest BCUT2D eigenvalue weighted by Gasteiger charge is -2.32. The van der Waals surface area contributed by atoms with Gasteiger partial charge in [-0.2, -0.15) is 0 Å². The van der Waals surface area contributed by atoms with Gasteiger partial charge in [0.05, 0.1) is 24.1 Å². The number of esters is 1. The van der Waals surface area contributed by atoms with Gasteiger partial charge in [0, 0.05) is 50.8 Å². The number of carbonyl (C=O) groups is 3. The van der Waals surface area contributed by atoms with E-state index in [9.17, 15) is 23.9 Å². The molecule has 14 heteroatoms. The van der Waals surface area contributed by atoms with Crippen LogP contribution in [0.25, 0.3) is 0 Å². The number of hydrogen-bond acceptors (Lipinski definition) is 8. The summed E-state index contributed by atoms with van der Waals surface area (Å²) in [5.41, 5.74) is -0.463. The molecule has 0 bridgehead atoms. The van der Waals surface area contributed by atoms with E-state index in [-0.39, 0.29) is 48.9 Å². The number of likely N-dealkylation sites (tertiary alicyclic amines) is 2. The molecule has 3 atom stereocenters. The van der Waals surface area contributed by atoms with Gasteiger partial charge in [-0.3, -0.25) is 19.5 Å². The number of carboxylic acids is 1. The van der Waals surface area contributed by atoms with Crippen molar-refractivity contribution in [2.75, 3.05) is 32.8 Å². The Labute approximate surface area is 252 Å². The van der Waals surface area contributed by atoms with Crippen LogP contribution < -0.4 is 5.32 Å². The Morgan fingerprint density at radius 1 is 1.27 bits per heavy atom. The smallest absolute Gasteiger partial charge is 0.338 e. The number of amidine groups is 1. The first-order valence-corrected chi connectivity index (χ1v) is 14.3. The Balaban J connectivity index is 1.58. The molecule has 2 saturated heterocycles. The highest BCUT2D eigenvalue weighted by Gasteiger charge is 2.63. The molecular formula is C30H35F3N6O5. The Morgan fingerprint density at radius 3 is 2.64 bits per heavy atom. The molecule has 1 aromatic heterocycles. The van der Waals surface area contributed by atoms with Crippen LogP contribution in [0.15, 0.2) is 46.9 Å². The Bertz CT molecular complexity index is 1570. The van der Waals surface area contributed by atoms with E-state index in [1.54, 1.807) is 43.9 Å². The van der Waals surface area contributed by atoms with Gasteiger partial charge in [-0.25, -0.2) is 22.9 Å². The minimum Gasteiger partial charge on any atom is -0.481 e. The molecule has 5 rings (SSSR count). The van der Waals surface area contributed by atoms with E-state index in [1.165, 1.54) is 35.8 Å². The van der Waals surface area contributed by atoms with E-state index in [0.29, 0.717) is 11.4 Å². The number of carbonyl (C=O) groups excluding carboxylic acids is 2. The fourth-order valence-corrected chi connectivity index (χ4v) is 6.14. The highest BCUT2D eigenvalue weighted by atomic mass is 19.3. The SMILES string of the molecule is CCOC(=O)C1=C(CN2CC(F)(F)[C@@H]3C(=O)N(CC(C)(C)C(=O)O)C[C@@H]32)NC(c2nccn2C)=NC1c1cccc(F)c1C. The van der Waals surface area contributed by atoms with E-state index in [4.69, 9.17) is 9.73 Å². The van der Waals surface area contributed by atoms with Crippen LogP contribution in [0, 0.1) is 24.1 Å². The molecule has 2 aromatic rings. The number of aromatic nitrogens is 2. The van der Waals surface area contributed by atoms with Crippen molar-refractivity contribution in [2.24, 2.45) is 23.4 Å². The van der Waals surface area contributed by atoms with E-state index in [0.717, 1.165) is 0 Å². The quantitative estimate of drug-likeness (QED) is 0.412. The Morgan fingerprint density at radius 2 is 2.00 bits per heavy atom. The van der Waals surface area contributed by atoms with Crippen LogP contribution in [-0.4, -0.2) is 92.9 Å². The molecule has 0 saturated carbocycles. The van der Waals surface area contributed by atoms with Gasteiger partial charge in [0.15, 0.2) is 11.7 Å². The second-order valence-electron chi connectivity index (χ2n) is 12.1. The average Bonchev–Trinajstić information content (AvgIpc) is 3.59. The van der Waals surface area contributed by atoms with Gasteiger partial charge in [0.1, 0.15) is 17.8 Å². The average molecular weight is 617 g/mol. The zero-order valence-electron chi connectivity index (χ0n) is 25.1. The Hall–Kier alpha value is -4.20. The molecule has 2 N–H and O–H groups in total. The number of amides is 1. The van der Waals surface area contributed by atoms with Crippen molar-refractivity contribution in [3.05, 3.63) is 64.6 Å². The van der Waals surface area contributed by atoms with E-state index >= 15 is 8.78 Å². The summed E-state index contributed by atoms with van der Waals surface area (Å²) in [6, 6.07) is 2.43. The lowest BCUT2D eigenvalue weighted by Crippen LogP contribution is -2.46. The number of hydrogen-bond donors (Lipinski definition) is 2. The number of rotatable bonds is 9. The molecule has 3 aliphatic rings. The molecule has 0 spiro atoms. The van der Waals surface area contributed by atoms with Crippen LogP contribution >= 0.6 is 0 Å². The van der Waals surface area contributed by atoms with Crippen molar-refractivity contribution in [2.45, 2.75) is 45.7 Å². The molecule has 2 fully saturated rings. The van der Waals surface area contributed by atoms with Crippen molar-refractivity contribution in [3.63, 3.8) is 0 Å². The minimum atomic E-state index is -3.40. The monoisotopic (exact) mass is 616 g/mol. The predicted molar refractivity (Wildman–Crippen MR) is 152 cm³/mol. The molecule has 44 heavy (non-hydrogen) atoms. The van der Waals surface area contributed by atoms with Gasteiger partial charge < -0.3 is 24.6 Å². The standard InChI is InChI=1S/C30H35F3N6O5/c1-6-44-27(41)21-19(12-38-15-30(32,33)22-20(38)13-39(26(22)40)14-29(3,4)28(42)43)35-24(25-34-10-11-37(25)5)36-23(21)17-8-7-9-18(31)16(17)2/h7-11,20,22-23H,6,12-15H2,1-5H3,(H,35,36)(H,42,43)/t20-,22-,23?/m0/s1. The van der Waals surface area contributed by atoms with Crippen molar-refractivity contribution in [1.29, 1.82) is 0 Å². The maximum atomic E-state index is 15.5. The molecule has 1 aromatic carbocycles. The third-order valence-corrected chi connectivity index (χ3v) is 8.49. The maximum Gasteiger partial charge on any atom is 0.338 e. The lowest BCUT2D eigenvalue weighted by atomic mass is 9.92. The molecule has 1 unspecified atom stereocenters. The third-order valence-electron chi connectivity index (χ3n) is 8.49. The van der Waals surface area contributed by atoms with Crippen LogP contribution in [0.1, 0.15) is 43.8 Å². The number of ether oxygens (including phenoxy) is 1. The van der Waals surface area contributed by atoms with Crippen molar-refractivity contribution in [3.8, 4) is 0 Å². The first kappa shape index (κ1) is 31.2. The highest BCUT2D eigenvalue weighted by molar-refractivity contribution is 6.02. The summed E-state index contributed by atoms with van der Waals surface area (Å²) in [6.45, 7) is 4.76. The van der Waals surface area contributed by atoms with Gasteiger partial charge >= 0.3 is 11.9 Å². The number of aliphatic carboxylic acids is 1. The number of carboxylic acid groups (broad SMARTS) is 1. The van der Waals surface area contributed by atoms with Crippen molar-refractivity contribution >= 4 is 23.7 Å². The summed E-state index contributed by atoms with van der Waals surface area (Å²) < 4.78 is 52.8. The van der Waals surface area contributed by atoms with Crippen LogP contribution in [0.4, 0.5) is 13.2 Å². The van der Waals surface area contributed by atoms with Crippen molar-refractivity contribution < 1.29 is 37.4 Å². The fraction of sp³-hybridized carbons (Fsp3) is 0.500. The third kappa shape index (κ3) is 5.46. The number of halogens is 3. The van der Waals surface area contributed by atoms with Gasteiger partial charge in [0.2, 0.25) is 5.91 Å². The molecule has 0 radical (unpaired) electrons. The molecule has 3 aliphatic heterocycles. The second kappa shape index (κ2) is 11.4. The molecular weight excluding hydrogens is 581 g/mol. The summed E-state index contributed by atoms with van der Waals surface area (Å²) in [6.07, 6.45) is 3.24. The minimum absolute atomic E-state index is 0.0235.